The smallest absolute Gasteiger partial charge is 0.317 e. The third-order valence-corrected chi connectivity index (χ3v) is 5.84. The third-order valence-electron chi connectivity index (χ3n) is 5.84. The number of nitrogens with one attached hydrogen (secondary N) is 1. The van der Waals surface area contributed by atoms with Gasteiger partial charge < -0.3 is 14.8 Å². The van der Waals surface area contributed by atoms with Crippen molar-refractivity contribution in [3.05, 3.63) is 48.0 Å². The molecule has 0 saturated carbocycles. The summed E-state index contributed by atoms with van der Waals surface area (Å²) in [6.45, 7) is 6.68. The fourth-order valence-corrected chi connectivity index (χ4v) is 4.22. The predicted molar refractivity (Wildman–Crippen MR) is 106 cm³/mol. The molecule has 2 aliphatic heterocycles. The summed E-state index contributed by atoms with van der Waals surface area (Å²) < 4.78 is 2.05. The van der Waals surface area contributed by atoms with Crippen molar-refractivity contribution in [2.75, 3.05) is 26.2 Å². The number of amides is 2. The van der Waals surface area contributed by atoms with Crippen LogP contribution in [0.5, 0.6) is 0 Å². The van der Waals surface area contributed by atoms with E-state index in [1.165, 1.54) is 32.4 Å². The summed E-state index contributed by atoms with van der Waals surface area (Å²) in [6.07, 6.45) is 8.82. The molecule has 3 heterocycles. The highest BCUT2D eigenvalue weighted by Gasteiger charge is 2.30. The van der Waals surface area contributed by atoms with Gasteiger partial charge in [0, 0.05) is 43.8 Å². The van der Waals surface area contributed by atoms with Crippen molar-refractivity contribution < 1.29 is 4.79 Å². The molecule has 1 atom stereocenters. The molecule has 1 aromatic heterocycles. The molecule has 0 spiro atoms. The average Bonchev–Trinajstić information content (AvgIpc) is 3.37. The van der Waals surface area contributed by atoms with Crippen molar-refractivity contribution in [3.63, 3.8) is 0 Å². The molecule has 2 fully saturated rings. The van der Waals surface area contributed by atoms with Gasteiger partial charge in [-0.15, -0.1) is 0 Å². The second-order valence-corrected chi connectivity index (χ2v) is 7.65. The van der Waals surface area contributed by atoms with Crippen molar-refractivity contribution in [1.82, 2.24) is 24.7 Å². The van der Waals surface area contributed by atoms with E-state index in [2.05, 4.69) is 39.5 Å². The zero-order chi connectivity index (χ0) is 18.6. The van der Waals surface area contributed by atoms with Gasteiger partial charge in [-0.1, -0.05) is 18.6 Å². The summed E-state index contributed by atoms with van der Waals surface area (Å²) in [5.74, 6) is 0.966. The van der Waals surface area contributed by atoms with Gasteiger partial charge in [0.05, 0.1) is 0 Å². The van der Waals surface area contributed by atoms with Crippen LogP contribution in [0.4, 0.5) is 4.79 Å². The zero-order valence-electron chi connectivity index (χ0n) is 16.1. The lowest BCUT2D eigenvalue weighted by molar-refractivity contribution is 0.161. The maximum absolute atomic E-state index is 12.5. The molecule has 0 bridgehead atoms. The van der Waals surface area contributed by atoms with Crippen molar-refractivity contribution in [2.24, 2.45) is 0 Å². The van der Waals surface area contributed by atoms with E-state index in [0.29, 0.717) is 12.6 Å². The Bertz CT molecular complexity index is 763. The third kappa shape index (κ3) is 4.16. The van der Waals surface area contributed by atoms with E-state index in [-0.39, 0.29) is 6.03 Å². The van der Waals surface area contributed by atoms with Crippen LogP contribution in [0, 0.1) is 6.92 Å². The molecular weight excluding hydrogens is 338 g/mol. The molecule has 4 rings (SSSR count). The Hall–Kier alpha value is -2.34. The van der Waals surface area contributed by atoms with Crippen LogP contribution in [-0.4, -0.2) is 57.6 Å². The lowest BCUT2D eigenvalue weighted by Crippen LogP contribution is -2.43. The fourth-order valence-electron chi connectivity index (χ4n) is 4.22. The Morgan fingerprint density at radius 2 is 1.93 bits per heavy atom. The van der Waals surface area contributed by atoms with Gasteiger partial charge in [0.2, 0.25) is 0 Å². The quantitative estimate of drug-likeness (QED) is 0.904. The number of benzene rings is 1. The van der Waals surface area contributed by atoms with Crippen LogP contribution in [-0.2, 0) is 6.54 Å². The summed E-state index contributed by atoms with van der Waals surface area (Å²) in [5, 5.41) is 3.08. The lowest BCUT2D eigenvalue weighted by atomic mass is 10.1. The van der Waals surface area contributed by atoms with Crippen LogP contribution < -0.4 is 5.32 Å². The van der Waals surface area contributed by atoms with Gasteiger partial charge in [0.25, 0.3) is 0 Å². The monoisotopic (exact) mass is 367 g/mol. The van der Waals surface area contributed by atoms with Gasteiger partial charge >= 0.3 is 6.03 Å². The molecule has 1 N–H and O–H groups in total. The van der Waals surface area contributed by atoms with Crippen LogP contribution in [0.1, 0.15) is 37.1 Å². The minimum absolute atomic E-state index is 0.0593. The summed E-state index contributed by atoms with van der Waals surface area (Å²) in [5.41, 5.74) is 2.20. The molecule has 0 aliphatic carbocycles. The average molecular weight is 367 g/mol. The summed E-state index contributed by atoms with van der Waals surface area (Å²) in [4.78, 5) is 21.3. The topological polar surface area (TPSA) is 53.4 Å². The van der Waals surface area contributed by atoms with Gasteiger partial charge in [0.15, 0.2) is 0 Å². The maximum atomic E-state index is 12.5. The number of imidazole rings is 1. The van der Waals surface area contributed by atoms with Crippen LogP contribution in [0.2, 0.25) is 0 Å². The number of aryl methyl sites for hydroxylation is 1. The molecule has 0 unspecified atom stereocenters. The Morgan fingerprint density at radius 1 is 1.15 bits per heavy atom. The number of likely N-dealkylation sites (tertiary alicyclic amines) is 2. The highest BCUT2D eigenvalue weighted by molar-refractivity contribution is 5.74. The molecule has 0 radical (unpaired) electrons. The second kappa shape index (κ2) is 8.13. The Kier molecular flexibility index (Phi) is 5.43. The molecular formula is C21H29N5O. The molecule has 6 nitrogen and oxygen atoms in total. The van der Waals surface area contributed by atoms with Gasteiger partial charge in [-0.05, 0) is 57.0 Å². The number of aromatic nitrogens is 2. The second-order valence-electron chi connectivity index (χ2n) is 7.65. The standard InChI is InChI=1S/C21H29N5O/c1-17-22-10-14-26(17)19-7-5-18(6-8-19)15-23-21(27)25-13-9-20(16-25)24-11-3-2-4-12-24/h5-8,10,14,20H,2-4,9,11-13,15-16H2,1H3,(H,23,27)/t20-/m1/s1. The first-order valence-electron chi connectivity index (χ1n) is 10.1. The first-order chi connectivity index (χ1) is 13.2. The normalized spacial score (nSPS) is 20.8. The van der Waals surface area contributed by atoms with E-state index < -0.39 is 0 Å². The number of rotatable bonds is 4. The Labute approximate surface area is 161 Å². The number of nitrogens with zero attached hydrogens (tertiary/aromatic N) is 4. The van der Waals surface area contributed by atoms with Crippen molar-refractivity contribution in [1.29, 1.82) is 0 Å². The van der Waals surface area contributed by atoms with E-state index in [9.17, 15) is 4.79 Å². The highest BCUT2D eigenvalue weighted by atomic mass is 16.2. The Morgan fingerprint density at radius 3 is 2.63 bits per heavy atom. The highest BCUT2D eigenvalue weighted by Crippen LogP contribution is 2.20. The van der Waals surface area contributed by atoms with Crippen LogP contribution in [0.3, 0.4) is 0 Å². The van der Waals surface area contributed by atoms with E-state index >= 15 is 0 Å². The maximum Gasteiger partial charge on any atom is 0.317 e. The SMILES string of the molecule is Cc1nccn1-c1ccc(CNC(=O)N2CC[C@@H](N3CCCCC3)C2)cc1. The number of carbonyl (C=O) groups is 1. The number of piperidine rings is 1. The number of hydrogen-bond acceptors (Lipinski definition) is 3. The molecule has 27 heavy (non-hydrogen) atoms. The fraction of sp³-hybridized carbons (Fsp3) is 0.524. The van der Waals surface area contributed by atoms with E-state index in [4.69, 9.17) is 0 Å². The van der Waals surface area contributed by atoms with Crippen molar-refractivity contribution in [3.8, 4) is 5.69 Å². The first kappa shape index (κ1) is 18.0. The van der Waals surface area contributed by atoms with E-state index in [0.717, 1.165) is 36.6 Å². The number of hydrogen-bond donors (Lipinski definition) is 1. The molecule has 6 heteroatoms. The van der Waals surface area contributed by atoms with E-state index in [1.807, 2.05) is 22.6 Å². The minimum atomic E-state index is 0.0593. The predicted octanol–water partition coefficient (Wildman–Crippen LogP) is 2.95. The molecule has 1 aromatic carbocycles. The molecule has 2 saturated heterocycles. The number of urea groups is 1. The Balaban J connectivity index is 1.27. The van der Waals surface area contributed by atoms with Gasteiger partial charge in [0.1, 0.15) is 5.82 Å². The summed E-state index contributed by atoms with van der Waals surface area (Å²) >= 11 is 0. The van der Waals surface area contributed by atoms with Gasteiger partial charge in [-0.2, -0.15) is 0 Å². The van der Waals surface area contributed by atoms with Crippen LogP contribution in [0.15, 0.2) is 36.7 Å². The largest absolute Gasteiger partial charge is 0.334 e. The van der Waals surface area contributed by atoms with E-state index in [1.54, 1.807) is 6.20 Å². The van der Waals surface area contributed by atoms with Crippen LogP contribution >= 0.6 is 0 Å². The van der Waals surface area contributed by atoms with Crippen LogP contribution in [0.25, 0.3) is 5.69 Å². The van der Waals surface area contributed by atoms with Crippen molar-refractivity contribution in [2.45, 2.75) is 45.2 Å². The summed E-state index contributed by atoms with van der Waals surface area (Å²) in [6, 6.07) is 8.87. The molecule has 144 valence electrons. The van der Waals surface area contributed by atoms with Gasteiger partial charge in [-0.25, -0.2) is 9.78 Å². The lowest BCUT2D eigenvalue weighted by Gasteiger charge is -2.32. The molecule has 2 amide bonds. The molecule has 2 aromatic rings. The zero-order valence-corrected chi connectivity index (χ0v) is 16.1. The van der Waals surface area contributed by atoms with Crippen molar-refractivity contribution >= 4 is 6.03 Å². The molecule has 2 aliphatic rings. The number of carbonyl (C=O) groups excluding carboxylic acids is 1. The van der Waals surface area contributed by atoms with Gasteiger partial charge in [-0.3, -0.25) is 4.90 Å². The minimum Gasteiger partial charge on any atom is -0.334 e. The summed E-state index contributed by atoms with van der Waals surface area (Å²) in [7, 11) is 0. The first-order valence-corrected chi connectivity index (χ1v) is 10.1.